The van der Waals surface area contributed by atoms with Crippen molar-refractivity contribution in [2.45, 2.75) is 19.9 Å². The Morgan fingerprint density at radius 1 is 1.29 bits per heavy atom. The number of halogens is 1. The smallest absolute Gasteiger partial charge is 0.123 e. The van der Waals surface area contributed by atoms with E-state index >= 15 is 0 Å². The van der Waals surface area contributed by atoms with E-state index in [4.69, 9.17) is 0 Å². The Kier molecular flexibility index (Phi) is 3.64. The Morgan fingerprint density at radius 3 is 2.53 bits per heavy atom. The van der Waals surface area contributed by atoms with Crippen molar-refractivity contribution >= 4 is 15.9 Å². The van der Waals surface area contributed by atoms with Gasteiger partial charge < -0.3 is 10.3 Å². The van der Waals surface area contributed by atoms with Gasteiger partial charge in [-0.15, -0.1) is 0 Å². The molecule has 0 aliphatic carbocycles. The second-order valence-electron chi connectivity index (χ2n) is 4.11. The van der Waals surface area contributed by atoms with Gasteiger partial charge in [-0.05, 0) is 33.0 Å². The summed E-state index contributed by atoms with van der Waals surface area (Å²) >= 11 is 3.44. The molecular formula is C13H16BrN3. The van der Waals surface area contributed by atoms with Gasteiger partial charge in [0, 0.05) is 15.7 Å². The van der Waals surface area contributed by atoms with Crippen molar-refractivity contribution in [1.82, 2.24) is 15.3 Å². The molecule has 1 aromatic heterocycles. The topological polar surface area (TPSA) is 40.7 Å². The Hall–Kier alpha value is -1.13. The summed E-state index contributed by atoms with van der Waals surface area (Å²) < 4.78 is 1.08. The molecule has 0 unspecified atom stereocenters. The van der Waals surface area contributed by atoms with E-state index in [0.29, 0.717) is 0 Å². The highest BCUT2D eigenvalue weighted by Gasteiger charge is 2.12. The highest BCUT2D eigenvalue weighted by atomic mass is 79.9. The summed E-state index contributed by atoms with van der Waals surface area (Å²) in [6.07, 6.45) is 0. The van der Waals surface area contributed by atoms with Crippen LogP contribution in [0.3, 0.4) is 0 Å². The highest BCUT2D eigenvalue weighted by Crippen LogP contribution is 2.24. The van der Waals surface area contributed by atoms with Crippen LogP contribution in [0, 0.1) is 6.92 Å². The van der Waals surface area contributed by atoms with Crippen molar-refractivity contribution in [2.24, 2.45) is 0 Å². The molecule has 0 aliphatic heterocycles. The monoisotopic (exact) mass is 293 g/mol. The maximum atomic E-state index is 4.65. The molecule has 17 heavy (non-hydrogen) atoms. The number of hydrogen-bond donors (Lipinski definition) is 2. The first-order valence-corrected chi connectivity index (χ1v) is 6.41. The summed E-state index contributed by atoms with van der Waals surface area (Å²) in [5, 5.41) is 3.18. The van der Waals surface area contributed by atoms with E-state index in [2.05, 4.69) is 57.2 Å². The van der Waals surface area contributed by atoms with Gasteiger partial charge in [-0.2, -0.15) is 0 Å². The molecule has 0 spiro atoms. The van der Waals surface area contributed by atoms with Crippen LogP contribution in [0.15, 0.2) is 28.7 Å². The van der Waals surface area contributed by atoms with Crippen LogP contribution in [0.1, 0.15) is 24.5 Å². The van der Waals surface area contributed by atoms with Gasteiger partial charge in [0.1, 0.15) is 5.82 Å². The van der Waals surface area contributed by atoms with Crippen molar-refractivity contribution in [3.8, 4) is 11.3 Å². The average molecular weight is 294 g/mol. The first-order chi connectivity index (χ1) is 8.11. The molecule has 0 radical (unpaired) electrons. The maximum Gasteiger partial charge on any atom is 0.123 e. The SMILES string of the molecule is CN[C@H](C)c1nc(-c2ccc(Br)cc2)c(C)[nH]1. The Balaban J connectivity index is 2.39. The molecule has 2 aromatic rings. The summed E-state index contributed by atoms with van der Waals surface area (Å²) in [6.45, 7) is 4.14. The lowest BCUT2D eigenvalue weighted by molar-refractivity contribution is 0.617. The van der Waals surface area contributed by atoms with Crippen LogP contribution in [0.4, 0.5) is 0 Å². The van der Waals surface area contributed by atoms with Gasteiger partial charge in [0.25, 0.3) is 0 Å². The zero-order chi connectivity index (χ0) is 12.4. The van der Waals surface area contributed by atoms with Gasteiger partial charge in [-0.3, -0.25) is 0 Å². The largest absolute Gasteiger partial charge is 0.344 e. The summed E-state index contributed by atoms with van der Waals surface area (Å²) in [6, 6.07) is 8.44. The van der Waals surface area contributed by atoms with E-state index in [0.717, 1.165) is 27.2 Å². The summed E-state index contributed by atoms with van der Waals surface area (Å²) in [4.78, 5) is 7.97. The van der Waals surface area contributed by atoms with E-state index in [-0.39, 0.29) is 6.04 Å². The molecule has 90 valence electrons. The number of rotatable bonds is 3. The standard InChI is InChI=1S/C13H16BrN3/c1-8-12(10-4-6-11(14)7-5-10)17-13(16-8)9(2)15-3/h4-7,9,15H,1-3H3,(H,16,17)/t9-/m1/s1. The van der Waals surface area contributed by atoms with Gasteiger partial charge in [0.15, 0.2) is 0 Å². The molecule has 0 fully saturated rings. The third-order valence-electron chi connectivity index (χ3n) is 2.86. The van der Waals surface area contributed by atoms with E-state index < -0.39 is 0 Å². The van der Waals surface area contributed by atoms with Gasteiger partial charge in [0.2, 0.25) is 0 Å². The molecule has 1 heterocycles. The zero-order valence-electron chi connectivity index (χ0n) is 10.2. The molecule has 0 bridgehead atoms. The Bertz CT molecular complexity index is 502. The fraction of sp³-hybridized carbons (Fsp3) is 0.308. The third kappa shape index (κ3) is 2.58. The lowest BCUT2D eigenvalue weighted by atomic mass is 10.1. The van der Waals surface area contributed by atoms with Gasteiger partial charge in [-0.1, -0.05) is 28.1 Å². The molecule has 2 N–H and O–H groups in total. The Labute approximate surface area is 110 Å². The summed E-state index contributed by atoms with van der Waals surface area (Å²) in [7, 11) is 1.93. The summed E-state index contributed by atoms with van der Waals surface area (Å²) in [5.74, 6) is 0.975. The van der Waals surface area contributed by atoms with Gasteiger partial charge in [-0.25, -0.2) is 4.98 Å². The molecule has 2 rings (SSSR count). The molecule has 1 atom stereocenters. The van der Waals surface area contributed by atoms with Crippen LogP contribution < -0.4 is 5.32 Å². The van der Waals surface area contributed by atoms with Crippen LogP contribution in [-0.4, -0.2) is 17.0 Å². The maximum absolute atomic E-state index is 4.65. The van der Waals surface area contributed by atoms with E-state index in [9.17, 15) is 0 Å². The van der Waals surface area contributed by atoms with Crippen LogP contribution in [0.25, 0.3) is 11.3 Å². The van der Waals surface area contributed by atoms with Crippen LogP contribution in [-0.2, 0) is 0 Å². The number of aryl methyl sites for hydroxylation is 1. The predicted octanol–water partition coefficient (Wildman–Crippen LogP) is 3.43. The van der Waals surface area contributed by atoms with Crippen LogP contribution >= 0.6 is 15.9 Å². The number of aromatic amines is 1. The van der Waals surface area contributed by atoms with Crippen molar-refractivity contribution in [3.63, 3.8) is 0 Å². The lowest BCUT2D eigenvalue weighted by Crippen LogP contribution is -2.13. The number of imidazole rings is 1. The van der Waals surface area contributed by atoms with Crippen molar-refractivity contribution in [3.05, 3.63) is 40.3 Å². The minimum Gasteiger partial charge on any atom is -0.344 e. The van der Waals surface area contributed by atoms with E-state index in [1.54, 1.807) is 0 Å². The van der Waals surface area contributed by atoms with Crippen LogP contribution in [0.2, 0.25) is 0 Å². The first-order valence-electron chi connectivity index (χ1n) is 5.61. The number of H-pyrrole nitrogens is 1. The number of benzene rings is 1. The predicted molar refractivity (Wildman–Crippen MR) is 73.9 cm³/mol. The zero-order valence-corrected chi connectivity index (χ0v) is 11.8. The number of hydrogen-bond acceptors (Lipinski definition) is 2. The van der Waals surface area contributed by atoms with Gasteiger partial charge >= 0.3 is 0 Å². The number of aromatic nitrogens is 2. The van der Waals surface area contributed by atoms with E-state index in [1.165, 1.54) is 0 Å². The molecule has 0 saturated carbocycles. The average Bonchev–Trinajstić information content (AvgIpc) is 2.71. The quantitative estimate of drug-likeness (QED) is 0.910. The van der Waals surface area contributed by atoms with Crippen molar-refractivity contribution in [1.29, 1.82) is 0 Å². The summed E-state index contributed by atoms with van der Waals surface area (Å²) in [5.41, 5.74) is 3.26. The van der Waals surface area contributed by atoms with Gasteiger partial charge in [0.05, 0.1) is 11.7 Å². The second kappa shape index (κ2) is 5.02. The molecule has 0 aliphatic rings. The molecule has 3 nitrogen and oxygen atoms in total. The normalized spacial score (nSPS) is 12.7. The molecule has 1 aromatic carbocycles. The second-order valence-corrected chi connectivity index (χ2v) is 5.03. The third-order valence-corrected chi connectivity index (χ3v) is 3.39. The van der Waals surface area contributed by atoms with E-state index in [1.807, 2.05) is 19.2 Å². The van der Waals surface area contributed by atoms with Crippen molar-refractivity contribution < 1.29 is 0 Å². The van der Waals surface area contributed by atoms with Crippen molar-refractivity contribution in [2.75, 3.05) is 7.05 Å². The highest BCUT2D eigenvalue weighted by molar-refractivity contribution is 9.10. The number of nitrogens with zero attached hydrogens (tertiary/aromatic N) is 1. The Morgan fingerprint density at radius 2 is 1.94 bits per heavy atom. The molecular weight excluding hydrogens is 278 g/mol. The minimum atomic E-state index is 0.234. The molecule has 0 amide bonds. The molecule has 4 heteroatoms. The first kappa shape index (κ1) is 12.3. The minimum absolute atomic E-state index is 0.234. The number of nitrogens with one attached hydrogen (secondary N) is 2. The fourth-order valence-electron chi connectivity index (χ4n) is 1.71. The van der Waals surface area contributed by atoms with Crippen LogP contribution in [0.5, 0.6) is 0 Å². The fourth-order valence-corrected chi connectivity index (χ4v) is 1.98. The lowest BCUT2D eigenvalue weighted by Gasteiger charge is -2.04. The molecule has 0 saturated heterocycles.